The van der Waals surface area contributed by atoms with Crippen LogP contribution in [0.25, 0.3) is 0 Å². The standard InChI is InChI=1S/C82H134N2/c1-57-5-13-61(14-6-57)21-25-65-29-39-77(40-30-65)83(78-41-31-66(32-42-78)26-22-62-15-7-58(2)8-16-62)81-47-37-69-49-71-52-74-54-76-56-82(48-38-70(76)50-72(74)51-73(71)53-75(69)55-81)84(79-43-33-67(34-44-79)27-23-63-17-9-59(3)10-18-63)80-45-35-68(36-46-80)28-24-64-19-11-60(4)12-20-64/h21-28,57-82H,5-20,29-56H2,1-4H3/b25-21+,26-22+,27-23+,28-24+. The van der Waals surface area contributed by atoms with E-state index in [1.165, 1.54) is 218 Å². The number of fused-ring (bicyclic) bond motifs is 4. The van der Waals surface area contributed by atoms with E-state index in [-0.39, 0.29) is 0 Å². The van der Waals surface area contributed by atoms with Crippen LogP contribution in [0.1, 0.15) is 310 Å². The van der Waals surface area contributed by atoms with E-state index in [9.17, 15) is 0 Å². The first kappa shape index (κ1) is 61.7. The summed E-state index contributed by atoms with van der Waals surface area (Å²) in [5.41, 5.74) is 0. The van der Waals surface area contributed by atoms with Gasteiger partial charge in [0.25, 0.3) is 0 Å². The second kappa shape index (κ2) is 29.4. The van der Waals surface area contributed by atoms with Crippen LogP contribution < -0.4 is 0 Å². The molecule has 0 aromatic heterocycles. The minimum atomic E-state index is 0.849. The lowest BCUT2D eigenvalue weighted by molar-refractivity contribution is -0.0669. The van der Waals surface area contributed by atoms with Crippen LogP contribution >= 0.6 is 0 Å². The quantitative estimate of drug-likeness (QED) is 0.160. The van der Waals surface area contributed by atoms with Gasteiger partial charge in [0.05, 0.1) is 0 Å². The lowest BCUT2D eigenvalue weighted by Gasteiger charge is -2.57. The van der Waals surface area contributed by atoms with Gasteiger partial charge in [0.1, 0.15) is 0 Å². The highest BCUT2D eigenvalue weighted by molar-refractivity contribution is 5.07. The summed E-state index contributed by atoms with van der Waals surface area (Å²) in [5, 5.41) is 0. The summed E-state index contributed by atoms with van der Waals surface area (Å²) in [6.45, 7) is 9.94. The van der Waals surface area contributed by atoms with E-state index in [0.29, 0.717) is 0 Å². The molecule has 0 aromatic carbocycles. The normalized spacial score (nSPS) is 48.3. The summed E-state index contributed by atoms with van der Waals surface area (Å²) in [4.78, 5) is 6.73. The summed E-state index contributed by atoms with van der Waals surface area (Å²) in [6.07, 6.45) is 87.7. The summed E-state index contributed by atoms with van der Waals surface area (Å²) in [5.74, 6) is 19.1. The van der Waals surface area contributed by atoms with Gasteiger partial charge in [-0.3, -0.25) is 9.80 Å². The maximum absolute atomic E-state index is 3.37. The minimum absolute atomic E-state index is 0.849. The van der Waals surface area contributed by atoms with E-state index < -0.39 is 0 Å². The van der Waals surface area contributed by atoms with Crippen LogP contribution in [0.3, 0.4) is 0 Å². The van der Waals surface area contributed by atoms with Crippen molar-refractivity contribution in [1.29, 1.82) is 0 Å². The van der Waals surface area contributed by atoms with Gasteiger partial charge in [0.15, 0.2) is 0 Å². The van der Waals surface area contributed by atoms with Crippen LogP contribution in [0, 0.1) is 118 Å². The summed E-state index contributed by atoms with van der Waals surface area (Å²) in [6, 6.07) is 5.16. The van der Waals surface area contributed by atoms with Crippen LogP contribution in [0.2, 0.25) is 0 Å². The fraction of sp³-hybridized carbons (Fsp3) is 0.902. The smallest absolute Gasteiger partial charge is 0.0104 e. The van der Waals surface area contributed by atoms with E-state index in [4.69, 9.17) is 0 Å². The Hall–Kier alpha value is -1.12. The summed E-state index contributed by atoms with van der Waals surface area (Å²) in [7, 11) is 0. The van der Waals surface area contributed by atoms with Gasteiger partial charge >= 0.3 is 0 Å². The molecule has 13 aliphatic carbocycles. The zero-order valence-corrected chi connectivity index (χ0v) is 55.6. The molecule has 0 aliphatic heterocycles. The Morgan fingerprint density at radius 1 is 0.167 bits per heavy atom. The van der Waals surface area contributed by atoms with Crippen molar-refractivity contribution in [2.24, 2.45) is 118 Å². The number of hydrogen-bond acceptors (Lipinski definition) is 2. The molecule has 2 nitrogen and oxygen atoms in total. The Balaban J connectivity index is 0.626. The second-order valence-corrected chi connectivity index (χ2v) is 35.2. The van der Waals surface area contributed by atoms with Crippen LogP contribution in [0.15, 0.2) is 48.6 Å². The van der Waals surface area contributed by atoms with E-state index in [2.05, 4.69) is 86.1 Å². The molecule has 2 heteroatoms. The maximum Gasteiger partial charge on any atom is 0.0104 e. The van der Waals surface area contributed by atoms with Gasteiger partial charge in [0, 0.05) is 36.3 Å². The maximum atomic E-state index is 3.37. The average molecular weight is 1150 g/mol. The third-order valence-electron chi connectivity index (χ3n) is 29.5. The molecule has 10 atom stereocenters. The molecule has 13 rings (SSSR count). The SMILES string of the molecule is CC1CCC(/C=C/C2CCC(N(C3CCC(/C=C/C4CCC(C)CC4)CC3)C3CCC4CC5CC6CC7CC(N(C8CCC(/C=C/C9CCC(C)CC9)CC8)C8CCC(/C=C/C9CCC(C)CC9)CC8)CCC7CC6CC5CC4C3)CC2)CC1. The van der Waals surface area contributed by atoms with Gasteiger partial charge in [-0.2, -0.15) is 0 Å². The molecule has 472 valence electrons. The Morgan fingerprint density at radius 2 is 0.333 bits per heavy atom. The van der Waals surface area contributed by atoms with Crippen molar-refractivity contribution >= 4 is 0 Å². The van der Waals surface area contributed by atoms with Crippen molar-refractivity contribution in [3.63, 3.8) is 0 Å². The molecule has 0 saturated heterocycles. The van der Waals surface area contributed by atoms with Gasteiger partial charge in [-0.15, -0.1) is 0 Å². The first-order chi connectivity index (χ1) is 41.1. The summed E-state index contributed by atoms with van der Waals surface area (Å²) >= 11 is 0. The third-order valence-corrected chi connectivity index (χ3v) is 29.5. The molecule has 0 spiro atoms. The van der Waals surface area contributed by atoms with Crippen molar-refractivity contribution in [1.82, 2.24) is 9.80 Å². The zero-order valence-electron chi connectivity index (χ0n) is 55.6. The van der Waals surface area contributed by atoms with E-state index in [1.54, 1.807) is 64.2 Å². The Bertz CT molecular complexity index is 1820. The number of rotatable bonds is 14. The number of allylic oxidation sites excluding steroid dienone is 8. The molecule has 0 radical (unpaired) electrons. The van der Waals surface area contributed by atoms with Gasteiger partial charge in [-0.05, 0) is 350 Å². The zero-order chi connectivity index (χ0) is 56.9. The number of hydrogen-bond donors (Lipinski definition) is 0. The van der Waals surface area contributed by atoms with Crippen LogP contribution in [0.5, 0.6) is 0 Å². The molecule has 84 heavy (non-hydrogen) atoms. The Labute approximate surface area is 520 Å². The number of nitrogens with zero attached hydrogens (tertiary/aromatic N) is 2. The molecular weight excluding hydrogens is 1010 g/mol. The first-order valence-electron chi connectivity index (χ1n) is 39.4. The highest BCUT2D eigenvalue weighted by Gasteiger charge is 2.51. The summed E-state index contributed by atoms with van der Waals surface area (Å²) < 4.78 is 0. The lowest BCUT2D eigenvalue weighted by atomic mass is 9.51. The fourth-order valence-corrected chi connectivity index (χ4v) is 23.9. The Kier molecular flexibility index (Phi) is 21.6. The van der Waals surface area contributed by atoms with Gasteiger partial charge in [-0.25, -0.2) is 0 Å². The van der Waals surface area contributed by atoms with Crippen LogP contribution in [-0.2, 0) is 0 Å². The van der Waals surface area contributed by atoms with Crippen LogP contribution in [-0.4, -0.2) is 46.1 Å². The fourth-order valence-electron chi connectivity index (χ4n) is 23.9. The van der Waals surface area contributed by atoms with Crippen molar-refractivity contribution < 1.29 is 0 Å². The first-order valence-corrected chi connectivity index (χ1v) is 39.4. The largest absolute Gasteiger partial charge is 0.294 e. The molecule has 13 fully saturated rings. The van der Waals surface area contributed by atoms with E-state index in [1.807, 2.05) is 0 Å². The Morgan fingerprint density at radius 3 is 0.548 bits per heavy atom. The van der Waals surface area contributed by atoms with Gasteiger partial charge in [-0.1, -0.05) is 128 Å². The average Bonchev–Trinajstić information content (AvgIpc) is 2.13. The predicted octanol–water partition coefficient (Wildman–Crippen LogP) is 22.8. The van der Waals surface area contributed by atoms with E-state index >= 15 is 0 Å². The molecule has 0 N–H and O–H groups in total. The minimum Gasteiger partial charge on any atom is -0.294 e. The van der Waals surface area contributed by atoms with Crippen molar-refractivity contribution in [3.8, 4) is 0 Å². The van der Waals surface area contributed by atoms with Gasteiger partial charge in [0.2, 0.25) is 0 Å². The molecule has 0 amide bonds. The molecule has 13 aliphatic rings. The van der Waals surface area contributed by atoms with Crippen molar-refractivity contribution in [2.45, 2.75) is 346 Å². The molecule has 0 aromatic rings. The van der Waals surface area contributed by atoms with Gasteiger partial charge < -0.3 is 0 Å². The van der Waals surface area contributed by atoms with Crippen molar-refractivity contribution in [2.75, 3.05) is 0 Å². The van der Waals surface area contributed by atoms with E-state index in [0.717, 1.165) is 155 Å². The monoisotopic (exact) mass is 1150 g/mol. The highest BCUT2D eigenvalue weighted by Crippen LogP contribution is 2.59. The molecule has 0 heterocycles. The molecule has 0 bridgehead atoms. The topological polar surface area (TPSA) is 6.48 Å². The molecule has 10 unspecified atom stereocenters. The van der Waals surface area contributed by atoms with Crippen LogP contribution in [0.4, 0.5) is 0 Å². The second-order valence-electron chi connectivity index (χ2n) is 35.2. The van der Waals surface area contributed by atoms with Crippen molar-refractivity contribution in [3.05, 3.63) is 48.6 Å². The molecule has 13 saturated carbocycles. The third kappa shape index (κ3) is 15.8. The predicted molar refractivity (Wildman–Crippen MR) is 359 cm³/mol. The molecular formula is C82H134N2. The lowest BCUT2D eigenvalue weighted by Crippen LogP contribution is -2.55. The highest BCUT2D eigenvalue weighted by atomic mass is 15.2.